The number of ether oxygens (including phenoxy) is 1. The van der Waals surface area contributed by atoms with Crippen LogP contribution < -0.4 is 10.3 Å². The minimum Gasteiger partial charge on any atom is -0.485 e. The van der Waals surface area contributed by atoms with Crippen LogP contribution in [0.3, 0.4) is 0 Å². The zero-order valence-electron chi connectivity index (χ0n) is 19.8. The summed E-state index contributed by atoms with van der Waals surface area (Å²) in [5.41, 5.74) is 5.33. The van der Waals surface area contributed by atoms with Gasteiger partial charge in [-0.25, -0.2) is 4.98 Å². The molecular formula is C27H25N5O2S. The van der Waals surface area contributed by atoms with Gasteiger partial charge in [-0.15, -0.1) is 10.2 Å². The number of hydrogen-bond acceptors (Lipinski definition) is 6. The number of hydrogen-bond donors (Lipinski definition) is 0. The molecule has 0 saturated carbocycles. The molecule has 3 heterocycles. The minimum absolute atomic E-state index is 0.0958. The zero-order chi connectivity index (χ0) is 24.4. The van der Waals surface area contributed by atoms with Crippen LogP contribution in [0.25, 0.3) is 11.3 Å². The van der Waals surface area contributed by atoms with Gasteiger partial charge >= 0.3 is 0 Å². The molecule has 0 radical (unpaired) electrons. The molecule has 3 aromatic heterocycles. The number of nitrogens with zero attached hydrogens (tertiary/aromatic N) is 5. The van der Waals surface area contributed by atoms with Crippen LogP contribution in [0.2, 0.25) is 0 Å². The van der Waals surface area contributed by atoms with Gasteiger partial charge in [-0.05, 0) is 55.7 Å². The van der Waals surface area contributed by atoms with Crippen LogP contribution in [-0.4, -0.2) is 24.1 Å². The molecule has 5 aromatic rings. The van der Waals surface area contributed by atoms with E-state index in [9.17, 15) is 4.79 Å². The summed E-state index contributed by atoms with van der Waals surface area (Å²) in [7, 11) is 0. The lowest BCUT2D eigenvalue weighted by Gasteiger charge is -2.13. The van der Waals surface area contributed by atoms with E-state index in [0.29, 0.717) is 28.1 Å². The van der Waals surface area contributed by atoms with Crippen LogP contribution >= 0.6 is 11.8 Å². The topological polar surface area (TPSA) is 74.3 Å². The van der Waals surface area contributed by atoms with Crippen molar-refractivity contribution in [3.8, 4) is 11.4 Å². The molecule has 0 unspecified atom stereocenters. The van der Waals surface area contributed by atoms with E-state index in [1.54, 1.807) is 16.7 Å². The highest BCUT2D eigenvalue weighted by atomic mass is 32.2. The first kappa shape index (κ1) is 22.9. The van der Waals surface area contributed by atoms with E-state index < -0.39 is 0 Å². The van der Waals surface area contributed by atoms with Gasteiger partial charge in [0.15, 0.2) is 11.0 Å². The van der Waals surface area contributed by atoms with Crippen molar-refractivity contribution in [2.45, 2.75) is 38.3 Å². The molecule has 0 aliphatic heterocycles. The van der Waals surface area contributed by atoms with E-state index in [-0.39, 0.29) is 12.2 Å². The molecule has 8 heteroatoms. The highest BCUT2D eigenvalue weighted by Crippen LogP contribution is 2.27. The Kier molecular flexibility index (Phi) is 6.37. The first-order valence-electron chi connectivity index (χ1n) is 11.3. The highest BCUT2D eigenvalue weighted by molar-refractivity contribution is 7.98. The summed E-state index contributed by atoms with van der Waals surface area (Å²) in [6.07, 6.45) is 1.74. The van der Waals surface area contributed by atoms with E-state index in [1.807, 2.05) is 86.0 Å². The lowest BCUT2D eigenvalue weighted by atomic mass is 10.1. The van der Waals surface area contributed by atoms with Crippen LogP contribution in [0.1, 0.15) is 28.2 Å². The first-order valence-corrected chi connectivity index (χ1v) is 12.3. The molecule has 0 bridgehead atoms. The number of fused-ring (bicyclic) bond motifs is 1. The van der Waals surface area contributed by atoms with Crippen molar-refractivity contribution in [2.24, 2.45) is 0 Å². The van der Waals surface area contributed by atoms with Crippen LogP contribution in [0.4, 0.5) is 0 Å². The third-order valence-corrected chi connectivity index (χ3v) is 6.72. The maximum Gasteiger partial charge on any atom is 0.258 e. The first-order chi connectivity index (χ1) is 17.0. The normalized spacial score (nSPS) is 11.2. The fourth-order valence-corrected chi connectivity index (χ4v) is 4.87. The van der Waals surface area contributed by atoms with Crippen LogP contribution in [0.15, 0.2) is 82.9 Å². The number of rotatable bonds is 7. The summed E-state index contributed by atoms with van der Waals surface area (Å²) in [4.78, 5) is 17.3. The Morgan fingerprint density at radius 2 is 1.63 bits per heavy atom. The smallest absolute Gasteiger partial charge is 0.258 e. The Morgan fingerprint density at radius 1 is 0.886 bits per heavy atom. The SMILES string of the molecule is Cc1cccc(C)c1OCc1nnc(SCc2cc(=O)n3cccc(C)c3n2)n1-c1ccccc1. The molecule has 0 spiro atoms. The van der Waals surface area contributed by atoms with Crippen molar-refractivity contribution in [1.29, 1.82) is 0 Å². The van der Waals surface area contributed by atoms with Gasteiger partial charge in [-0.2, -0.15) is 0 Å². The third-order valence-electron chi connectivity index (χ3n) is 5.76. The average Bonchev–Trinajstić information content (AvgIpc) is 3.26. The summed E-state index contributed by atoms with van der Waals surface area (Å²) in [5, 5.41) is 9.60. The number of thioether (sulfide) groups is 1. The molecule has 5 rings (SSSR count). The molecular weight excluding hydrogens is 458 g/mol. The average molecular weight is 484 g/mol. The Labute approximate surface area is 207 Å². The summed E-state index contributed by atoms with van der Waals surface area (Å²) in [5.74, 6) is 2.05. The third kappa shape index (κ3) is 4.70. The predicted molar refractivity (Wildman–Crippen MR) is 137 cm³/mol. The standard InChI is InChI=1S/C27H25N5O2S/c1-18-9-7-10-19(2)25(18)34-16-23-29-30-27(32(23)22-12-5-4-6-13-22)35-17-21-15-24(33)31-14-8-11-20(3)26(31)28-21/h4-15H,16-17H2,1-3H3. The molecule has 0 saturated heterocycles. The molecule has 0 aliphatic rings. The van der Waals surface area contributed by atoms with E-state index in [1.165, 1.54) is 11.8 Å². The van der Waals surface area contributed by atoms with Crippen molar-refractivity contribution in [2.75, 3.05) is 0 Å². The second-order valence-corrected chi connectivity index (χ2v) is 9.28. The van der Waals surface area contributed by atoms with Gasteiger partial charge in [0.2, 0.25) is 0 Å². The Hall–Kier alpha value is -3.91. The van der Waals surface area contributed by atoms with Gasteiger partial charge in [0.1, 0.15) is 18.0 Å². The maximum absolute atomic E-state index is 12.6. The van der Waals surface area contributed by atoms with Crippen molar-refractivity contribution < 1.29 is 4.74 Å². The molecule has 7 nitrogen and oxygen atoms in total. The lowest BCUT2D eigenvalue weighted by molar-refractivity contribution is 0.289. The zero-order valence-corrected chi connectivity index (χ0v) is 20.6. The second kappa shape index (κ2) is 9.76. The van der Waals surface area contributed by atoms with Gasteiger partial charge in [-0.3, -0.25) is 13.8 Å². The van der Waals surface area contributed by atoms with Gasteiger partial charge in [0, 0.05) is 23.7 Å². The van der Waals surface area contributed by atoms with Crippen LogP contribution in [0.5, 0.6) is 5.75 Å². The summed E-state index contributed by atoms with van der Waals surface area (Å²) < 4.78 is 9.75. The number of para-hydroxylation sites is 2. The molecule has 35 heavy (non-hydrogen) atoms. The summed E-state index contributed by atoms with van der Waals surface area (Å²) >= 11 is 1.49. The summed E-state index contributed by atoms with van der Waals surface area (Å²) in [6, 6.07) is 21.4. The molecule has 0 aliphatic carbocycles. The Morgan fingerprint density at radius 3 is 2.40 bits per heavy atom. The maximum atomic E-state index is 12.6. The number of benzene rings is 2. The highest BCUT2D eigenvalue weighted by Gasteiger charge is 2.17. The summed E-state index contributed by atoms with van der Waals surface area (Å²) in [6.45, 7) is 6.30. The fraction of sp³-hybridized carbons (Fsp3) is 0.185. The molecule has 0 N–H and O–H groups in total. The lowest BCUT2D eigenvalue weighted by Crippen LogP contribution is -2.15. The molecule has 0 amide bonds. The number of pyridine rings is 1. The monoisotopic (exact) mass is 483 g/mol. The largest absolute Gasteiger partial charge is 0.485 e. The van der Waals surface area contributed by atoms with Crippen molar-refractivity contribution >= 4 is 17.4 Å². The van der Waals surface area contributed by atoms with Crippen molar-refractivity contribution in [3.63, 3.8) is 0 Å². The van der Waals surface area contributed by atoms with Gasteiger partial charge in [0.25, 0.3) is 5.56 Å². The van der Waals surface area contributed by atoms with Crippen molar-refractivity contribution in [1.82, 2.24) is 24.1 Å². The van der Waals surface area contributed by atoms with E-state index in [0.717, 1.165) is 28.1 Å². The molecule has 2 aromatic carbocycles. The Balaban J connectivity index is 1.45. The molecule has 0 atom stereocenters. The predicted octanol–water partition coefficient (Wildman–Crippen LogP) is 5.07. The quantitative estimate of drug-likeness (QED) is 0.301. The number of aryl methyl sites for hydroxylation is 3. The van der Waals surface area contributed by atoms with E-state index in [2.05, 4.69) is 10.2 Å². The van der Waals surface area contributed by atoms with E-state index >= 15 is 0 Å². The van der Waals surface area contributed by atoms with Crippen LogP contribution in [0, 0.1) is 20.8 Å². The van der Waals surface area contributed by atoms with Gasteiger partial charge in [-0.1, -0.05) is 54.2 Å². The van der Waals surface area contributed by atoms with Crippen molar-refractivity contribution in [3.05, 3.63) is 111 Å². The molecule has 176 valence electrons. The second-order valence-electron chi connectivity index (χ2n) is 8.34. The van der Waals surface area contributed by atoms with Gasteiger partial charge in [0.05, 0.1) is 5.69 Å². The van der Waals surface area contributed by atoms with Crippen LogP contribution in [-0.2, 0) is 12.4 Å². The fourth-order valence-electron chi connectivity index (χ4n) is 4.01. The minimum atomic E-state index is -0.0958. The molecule has 0 fully saturated rings. The number of aromatic nitrogens is 5. The van der Waals surface area contributed by atoms with E-state index in [4.69, 9.17) is 9.72 Å². The van der Waals surface area contributed by atoms with Gasteiger partial charge < -0.3 is 4.74 Å². The Bertz CT molecular complexity index is 1540.